The Kier molecular flexibility index (Phi) is 5.76. The van der Waals surface area contributed by atoms with Gasteiger partial charge in [0.2, 0.25) is 11.8 Å². The lowest BCUT2D eigenvalue weighted by atomic mass is 10.1. The van der Waals surface area contributed by atoms with Gasteiger partial charge in [0.15, 0.2) is 0 Å². The molecule has 2 N–H and O–H groups in total. The lowest BCUT2D eigenvalue weighted by Gasteiger charge is -2.19. The van der Waals surface area contributed by atoms with E-state index < -0.39 is 5.97 Å². The molecule has 0 aromatic carbocycles. The molecule has 0 aliphatic carbocycles. The Labute approximate surface area is 139 Å². The summed E-state index contributed by atoms with van der Waals surface area (Å²) < 4.78 is 0. The van der Waals surface area contributed by atoms with Crippen LogP contribution in [0.25, 0.3) is 0 Å². The van der Waals surface area contributed by atoms with E-state index in [1.165, 1.54) is 11.3 Å². The summed E-state index contributed by atoms with van der Waals surface area (Å²) in [6.07, 6.45) is 3.84. The van der Waals surface area contributed by atoms with Crippen molar-refractivity contribution in [3.05, 3.63) is 16.0 Å². The zero-order chi connectivity index (χ0) is 17.0. The van der Waals surface area contributed by atoms with Crippen LogP contribution in [0.4, 0.5) is 5.00 Å². The molecule has 0 spiro atoms. The number of nitrogens with zero attached hydrogens (tertiary/aromatic N) is 1. The fourth-order valence-electron chi connectivity index (χ4n) is 2.86. The van der Waals surface area contributed by atoms with Crippen molar-refractivity contribution in [2.75, 3.05) is 18.4 Å². The van der Waals surface area contributed by atoms with Gasteiger partial charge in [-0.2, -0.15) is 0 Å². The molecule has 1 aliphatic rings. The molecule has 1 fully saturated rings. The number of aryl methyl sites for hydroxylation is 1. The molecule has 1 saturated heterocycles. The molecule has 6 nitrogen and oxygen atoms in total. The van der Waals surface area contributed by atoms with E-state index in [4.69, 9.17) is 0 Å². The summed E-state index contributed by atoms with van der Waals surface area (Å²) in [4.78, 5) is 38.1. The summed E-state index contributed by atoms with van der Waals surface area (Å²) in [5, 5.41) is 12.4. The molecule has 0 saturated carbocycles. The summed E-state index contributed by atoms with van der Waals surface area (Å²) in [7, 11) is 0. The number of hydrogen-bond acceptors (Lipinski definition) is 4. The second kappa shape index (κ2) is 7.59. The number of thiophene rings is 1. The lowest BCUT2D eigenvalue weighted by Crippen LogP contribution is -2.37. The van der Waals surface area contributed by atoms with Crippen LogP contribution in [0.2, 0.25) is 0 Å². The summed E-state index contributed by atoms with van der Waals surface area (Å²) in [6.45, 7) is 4.31. The second-order valence-corrected chi connectivity index (χ2v) is 6.90. The molecule has 2 rings (SSSR count). The van der Waals surface area contributed by atoms with E-state index in [9.17, 15) is 19.5 Å². The number of carbonyl (C=O) groups excluding carboxylic acids is 2. The normalized spacial score (nSPS) is 15.4. The van der Waals surface area contributed by atoms with Crippen molar-refractivity contribution in [1.29, 1.82) is 0 Å². The Morgan fingerprint density at radius 3 is 2.70 bits per heavy atom. The molecule has 1 aromatic rings. The number of anilines is 1. The first-order valence-electron chi connectivity index (χ1n) is 7.87. The molecule has 2 amide bonds. The van der Waals surface area contributed by atoms with Crippen LogP contribution in [0, 0.1) is 6.92 Å². The van der Waals surface area contributed by atoms with Gasteiger partial charge in [-0.15, -0.1) is 11.3 Å². The maximum atomic E-state index is 12.2. The Morgan fingerprint density at radius 1 is 1.30 bits per heavy atom. The highest BCUT2D eigenvalue weighted by Crippen LogP contribution is 2.33. The molecule has 2 heterocycles. The van der Waals surface area contributed by atoms with Crippen molar-refractivity contribution < 1.29 is 19.5 Å². The van der Waals surface area contributed by atoms with E-state index in [1.807, 2.05) is 13.8 Å². The number of carboxylic acids is 1. The molecule has 7 heteroatoms. The first-order valence-corrected chi connectivity index (χ1v) is 8.68. The number of carboxylic acid groups (broad SMARTS) is 1. The van der Waals surface area contributed by atoms with Gasteiger partial charge in [-0.25, -0.2) is 4.79 Å². The number of nitrogens with one attached hydrogen (secondary N) is 1. The van der Waals surface area contributed by atoms with Crippen LogP contribution < -0.4 is 5.32 Å². The van der Waals surface area contributed by atoms with E-state index in [0.29, 0.717) is 24.4 Å². The van der Waals surface area contributed by atoms with Gasteiger partial charge in [-0.05, 0) is 31.7 Å². The van der Waals surface area contributed by atoms with E-state index >= 15 is 0 Å². The van der Waals surface area contributed by atoms with Crippen LogP contribution >= 0.6 is 11.3 Å². The van der Waals surface area contributed by atoms with Crippen molar-refractivity contribution in [1.82, 2.24) is 4.90 Å². The molecule has 0 atom stereocenters. The fourth-order valence-corrected chi connectivity index (χ4v) is 4.02. The summed E-state index contributed by atoms with van der Waals surface area (Å²) in [5.74, 6) is -1.38. The van der Waals surface area contributed by atoms with Crippen molar-refractivity contribution in [3.8, 4) is 0 Å². The number of likely N-dealkylation sites (tertiary alicyclic amines) is 1. The fraction of sp³-hybridized carbons (Fsp3) is 0.562. The minimum absolute atomic E-state index is 0.00674. The van der Waals surface area contributed by atoms with Crippen molar-refractivity contribution >= 4 is 34.1 Å². The largest absolute Gasteiger partial charge is 0.478 e. The first-order chi connectivity index (χ1) is 10.9. The van der Waals surface area contributed by atoms with E-state index in [2.05, 4.69) is 5.32 Å². The van der Waals surface area contributed by atoms with Crippen LogP contribution in [0.5, 0.6) is 0 Å². The summed E-state index contributed by atoms with van der Waals surface area (Å²) >= 11 is 1.27. The predicted molar refractivity (Wildman–Crippen MR) is 89.1 cm³/mol. The Bertz CT molecular complexity index is 624. The monoisotopic (exact) mass is 338 g/mol. The third-order valence-corrected chi connectivity index (χ3v) is 5.10. The van der Waals surface area contributed by atoms with Crippen molar-refractivity contribution in [2.24, 2.45) is 0 Å². The highest BCUT2D eigenvalue weighted by Gasteiger charge is 2.24. The first kappa shape index (κ1) is 17.5. The number of rotatable bonds is 5. The number of hydrogen-bond donors (Lipinski definition) is 2. The quantitative estimate of drug-likeness (QED) is 0.864. The van der Waals surface area contributed by atoms with Gasteiger partial charge in [0.1, 0.15) is 5.00 Å². The second-order valence-electron chi connectivity index (χ2n) is 5.67. The SMILES string of the molecule is CCc1c(C)sc(NC(=O)CN2CCCCCC2=O)c1C(=O)O. The van der Waals surface area contributed by atoms with Gasteiger partial charge in [0.05, 0.1) is 12.1 Å². The zero-order valence-electron chi connectivity index (χ0n) is 13.5. The average Bonchev–Trinajstić information content (AvgIpc) is 2.66. The lowest BCUT2D eigenvalue weighted by molar-refractivity contribution is -0.134. The molecule has 1 aromatic heterocycles. The molecular formula is C16H22N2O4S. The maximum absolute atomic E-state index is 12.2. The van der Waals surface area contributed by atoms with Gasteiger partial charge in [-0.3, -0.25) is 9.59 Å². The van der Waals surface area contributed by atoms with Crippen LogP contribution in [0.15, 0.2) is 0 Å². The Hall–Kier alpha value is -1.89. The highest BCUT2D eigenvalue weighted by molar-refractivity contribution is 7.16. The minimum Gasteiger partial charge on any atom is -0.478 e. The number of amides is 2. The van der Waals surface area contributed by atoms with Gasteiger partial charge >= 0.3 is 5.97 Å². The minimum atomic E-state index is -1.03. The van der Waals surface area contributed by atoms with Gasteiger partial charge in [0, 0.05) is 17.8 Å². The van der Waals surface area contributed by atoms with Crippen molar-refractivity contribution in [3.63, 3.8) is 0 Å². The van der Waals surface area contributed by atoms with Crippen LogP contribution in [-0.4, -0.2) is 40.9 Å². The van der Waals surface area contributed by atoms with Crippen LogP contribution in [0.1, 0.15) is 53.4 Å². The molecular weight excluding hydrogens is 316 g/mol. The molecule has 0 radical (unpaired) electrons. The topological polar surface area (TPSA) is 86.7 Å². The summed E-state index contributed by atoms with van der Waals surface area (Å²) in [6, 6.07) is 0. The number of carbonyl (C=O) groups is 3. The standard InChI is InChI=1S/C16H22N2O4S/c1-3-11-10(2)23-15(14(11)16(21)22)17-12(19)9-18-8-6-4-5-7-13(18)20/h3-9H2,1-2H3,(H,17,19)(H,21,22). The third-order valence-electron chi connectivity index (χ3n) is 4.04. The molecule has 0 unspecified atom stereocenters. The molecule has 126 valence electrons. The smallest absolute Gasteiger partial charge is 0.339 e. The third kappa shape index (κ3) is 4.10. The van der Waals surface area contributed by atoms with E-state index in [0.717, 1.165) is 29.7 Å². The molecule has 0 bridgehead atoms. The van der Waals surface area contributed by atoms with Crippen LogP contribution in [-0.2, 0) is 16.0 Å². The maximum Gasteiger partial charge on any atom is 0.339 e. The number of aromatic carboxylic acids is 1. The Balaban J connectivity index is 2.11. The zero-order valence-corrected chi connectivity index (χ0v) is 14.3. The molecule has 23 heavy (non-hydrogen) atoms. The molecule has 1 aliphatic heterocycles. The van der Waals surface area contributed by atoms with E-state index in [1.54, 1.807) is 4.90 Å². The van der Waals surface area contributed by atoms with Gasteiger partial charge in [-0.1, -0.05) is 13.3 Å². The van der Waals surface area contributed by atoms with Crippen LogP contribution in [0.3, 0.4) is 0 Å². The van der Waals surface area contributed by atoms with Gasteiger partial charge < -0.3 is 15.3 Å². The Morgan fingerprint density at radius 2 is 2.04 bits per heavy atom. The highest BCUT2D eigenvalue weighted by atomic mass is 32.1. The average molecular weight is 338 g/mol. The van der Waals surface area contributed by atoms with E-state index in [-0.39, 0.29) is 23.9 Å². The predicted octanol–water partition coefficient (Wildman–Crippen LogP) is 2.66. The summed E-state index contributed by atoms with van der Waals surface area (Å²) in [5.41, 5.74) is 0.925. The van der Waals surface area contributed by atoms with Crippen molar-refractivity contribution in [2.45, 2.75) is 46.0 Å². The van der Waals surface area contributed by atoms with Gasteiger partial charge in [0.25, 0.3) is 0 Å².